The van der Waals surface area contributed by atoms with E-state index in [1.54, 1.807) is 9.80 Å². The molecule has 0 aliphatic carbocycles. The minimum atomic E-state index is 0.0153. The van der Waals surface area contributed by atoms with Crippen LogP contribution in [0, 0.1) is 0 Å². The molecule has 1 aromatic rings. The largest absolute Gasteiger partial charge is 0.326 e. The van der Waals surface area contributed by atoms with Crippen LogP contribution in [0.15, 0.2) is 18.2 Å². The van der Waals surface area contributed by atoms with Gasteiger partial charge in [0.25, 0.3) is 0 Å². The number of carbonyl (C=O) groups is 1. The Morgan fingerprint density at radius 2 is 1.89 bits per heavy atom. The maximum Gasteiger partial charge on any atom is 0.324 e. The Morgan fingerprint density at radius 1 is 1.22 bits per heavy atom. The number of hydrogen-bond acceptors (Lipinski definition) is 1. The lowest BCUT2D eigenvalue weighted by molar-refractivity contribution is 0.229. The molecule has 3 nitrogen and oxygen atoms in total. The average Bonchev–Trinajstić information content (AvgIpc) is 2.58. The van der Waals surface area contributed by atoms with Gasteiger partial charge in [0.2, 0.25) is 0 Å². The van der Waals surface area contributed by atoms with Crippen molar-refractivity contribution in [3.8, 4) is 0 Å². The summed E-state index contributed by atoms with van der Waals surface area (Å²) in [6.45, 7) is 7.87. The Kier molecular flexibility index (Phi) is 3.28. The first-order valence-corrected chi connectivity index (χ1v) is 6.51. The molecule has 0 atom stereocenters. The highest BCUT2D eigenvalue weighted by Gasteiger charge is 2.27. The first-order valence-electron chi connectivity index (χ1n) is 6.13. The minimum absolute atomic E-state index is 0.0153. The number of amides is 2. The number of benzene rings is 1. The fraction of sp³-hybridized carbons (Fsp3) is 0.500. The molecule has 1 fully saturated rings. The van der Waals surface area contributed by atoms with Crippen LogP contribution < -0.4 is 4.90 Å². The molecule has 4 heteroatoms. The van der Waals surface area contributed by atoms with Gasteiger partial charge in [0.1, 0.15) is 0 Å². The van der Waals surface area contributed by atoms with Crippen molar-refractivity contribution in [3.05, 3.63) is 28.8 Å². The van der Waals surface area contributed by atoms with Gasteiger partial charge in [0, 0.05) is 30.8 Å². The smallest absolute Gasteiger partial charge is 0.324 e. The summed E-state index contributed by atoms with van der Waals surface area (Å²) in [5.41, 5.74) is 2.00. The molecule has 0 unspecified atom stereocenters. The molecule has 98 valence electrons. The van der Waals surface area contributed by atoms with Crippen molar-refractivity contribution in [2.45, 2.75) is 26.2 Å². The first-order chi connectivity index (χ1) is 8.30. The monoisotopic (exact) mass is 266 g/mol. The maximum atomic E-state index is 11.9. The zero-order valence-electron chi connectivity index (χ0n) is 11.3. The maximum absolute atomic E-state index is 11.9. The number of anilines is 1. The van der Waals surface area contributed by atoms with Crippen LogP contribution in [0.1, 0.15) is 26.3 Å². The van der Waals surface area contributed by atoms with Gasteiger partial charge in [-0.1, -0.05) is 38.4 Å². The van der Waals surface area contributed by atoms with E-state index in [1.165, 1.54) is 0 Å². The number of rotatable bonds is 1. The highest BCUT2D eigenvalue weighted by Crippen LogP contribution is 2.33. The van der Waals surface area contributed by atoms with Crippen LogP contribution >= 0.6 is 11.6 Å². The molecular weight excluding hydrogens is 248 g/mol. The van der Waals surface area contributed by atoms with Crippen LogP contribution in [0.4, 0.5) is 10.5 Å². The quantitative estimate of drug-likeness (QED) is 0.763. The highest BCUT2D eigenvalue weighted by molar-refractivity contribution is 6.31. The molecule has 0 aromatic heterocycles. The summed E-state index contributed by atoms with van der Waals surface area (Å²) in [7, 11) is 1.81. The molecule has 0 spiro atoms. The molecule has 0 N–H and O–H groups in total. The van der Waals surface area contributed by atoms with Crippen LogP contribution in [0.25, 0.3) is 0 Å². The molecule has 1 aliphatic rings. The van der Waals surface area contributed by atoms with Gasteiger partial charge in [0.15, 0.2) is 0 Å². The SMILES string of the molecule is CN1CCN(c2ccc(C(C)(C)C)c(Cl)c2)C1=O. The van der Waals surface area contributed by atoms with E-state index in [-0.39, 0.29) is 11.4 Å². The van der Waals surface area contributed by atoms with Crippen molar-refractivity contribution < 1.29 is 4.79 Å². The third-order valence-electron chi connectivity index (χ3n) is 3.29. The molecule has 1 saturated heterocycles. The molecule has 2 rings (SSSR count). The molecule has 2 amide bonds. The van der Waals surface area contributed by atoms with E-state index in [9.17, 15) is 4.79 Å². The van der Waals surface area contributed by atoms with Gasteiger partial charge in [-0.05, 0) is 23.1 Å². The fourth-order valence-electron chi connectivity index (χ4n) is 2.17. The lowest BCUT2D eigenvalue weighted by atomic mass is 9.87. The Morgan fingerprint density at radius 3 is 2.33 bits per heavy atom. The third kappa shape index (κ3) is 2.32. The predicted molar refractivity (Wildman–Crippen MR) is 75.5 cm³/mol. The van der Waals surface area contributed by atoms with Gasteiger partial charge in [0.05, 0.1) is 0 Å². The third-order valence-corrected chi connectivity index (χ3v) is 3.60. The van der Waals surface area contributed by atoms with Crippen LogP contribution in [-0.4, -0.2) is 31.1 Å². The standard InChI is InChI=1S/C14H19ClN2O/c1-14(2,3)11-6-5-10(9-12(11)15)17-8-7-16(4)13(17)18/h5-6,9H,7-8H2,1-4H3. The summed E-state index contributed by atoms with van der Waals surface area (Å²) in [5, 5.41) is 0.724. The lowest BCUT2D eigenvalue weighted by Crippen LogP contribution is -2.29. The number of nitrogens with zero attached hydrogens (tertiary/aromatic N) is 2. The van der Waals surface area contributed by atoms with Crippen molar-refractivity contribution in [2.24, 2.45) is 0 Å². The average molecular weight is 267 g/mol. The Balaban J connectivity index is 2.33. The fourth-order valence-corrected chi connectivity index (χ4v) is 2.63. The number of halogens is 1. The van der Waals surface area contributed by atoms with E-state index in [1.807, 2.05) is 25.2 Å². The first kappa shape index (κ1) is 13.2. The normalized spacial score (nSPS) is 16.6. The Bertz CT molecular complexity index is 479. The van der Waals surface area contributed by atoms with Gasteiger partial charge >= 0.3 is 6.03 Å². The molecule has 0 saturated carbocycles. The van der Waals surface area contributed by atoms with Crippen LogP contribution in [0.2, 0.25) is 5.02 Å². The van der Waals surface area contributed by atoms with Gasteiger partial charge in [-0.3, -0.25) is 4.90 Å². The van der Waals surface area contributed by atoms with Crippen LogP contribution in [0.3, 0.4) is 0 Å². The lowest BCUT2D eigenvalue weighted by Gasteiger charge is -2.23. The van der Waals surface area contributed by atoms with Crippen LogP contribution in [0.5, 0.6) is 0 Å². The molecule has 1 heterocycles. The number of hydrogen-bond donors (Lipinski definition) is 0. The van der Waals surface area contributed by atoms with Crippen molar-refractivity contribution in [2.75, 3.05) is 25.0 Å². The zero-order valence-corrected chi connectivity index (χ0v) is 12.1. The molecule has 1 aliphatic heterocycles. The van der Waals surface area contributed by atoms with Gasteiger partial charge in [-0.2, -0.15) is 0 Å². The van der Waals surface area contributed by atoms with E-state index >= 15 is 0 Å². The second-order valence-electron chi connectivity index (χ2n) is 5.77. The predicted octanol–water partition coefficient (Wildman–Crippen LogP) is 3.51. The van der Waals surface area contributed by atoms with E-state index in [0.29, 0.717) is 0 Å². The summed E-state index contributed by atoms with van der Waals surface area (Å²) in [6, 6.07) is 5.92. The topological polar surface area (TPSA) is 23.6 Å². The summed E-state index contributed by atoms with van der Waals surface area (Å²) in [4.78, 5) is 15.4. The van der Waals surface area contributed by atoms with Gasteiger partial charge < -0.3 is 4.90 Å². The Labute approximate surface area is 113 Å². The van der Waals surface area contributed by atoms with E-state index in [4.69, 9.17) is 11.6 Å². The molecule has 1 aromatic carbocycles. The summed E-state index contributed by atoms with van der Waals surface area (Å²) in [5.74, 6) is 0. The summed E-state index contributed by atoms with van der Waals surface area (Å²) < 4.78 is 0. The number of urea groups is 1. The number of carbonyl (C=O) groups excluding carboxylic acids is 1. The van der Waals surface area contributed by atoms with Crippen molar-refractivity contribution in [1.82, 2.24) is 4.90 Å². The zero-order chi connectivity index (χ0) is 13.5. The minimum Gasteiger partial charge on any atom is -0.326 e. The van der Waals surface area contributed by atoms with E-state index in [2.05, 4.69) is 20.8 Å². The Hall–Kier alpha value is -1.22. The van der Waals surface area contributed by atoms with Crippen molar-refractivity contribution in [1.29, 1.82) is 0 Å². The van der Waals surface area contributed by atoms with Crippen molar-refractivity contribution in [3.63, 3.8) is 0 Å². The second kappa shape index (κ2) is 4.47. The van der Waals surface area contributed by atoms with Crippen molar-refractivity contribution >= 4 is 23.3 Å². The molecule has 18 heavy (non-hydrogen) atoms. The van der Waals surface area contributed by atoms with E-state index < -0.39 is 0 Å². The van der Waals surface area contributed by atoms with Crippen LogP contribution in [-0.2, 0) is 5.41 Å². The van der Waals surface area contributed by atoms with E-state index in [0.717, 1.165) is 29.4 Å². The summed E-state index contributed by atoms with van der Waals surface area (Å²) >= 11 is 6.32. The molecular formula is C14H19ClN2O. The van der Waals surface area contributed by atoms with Gasteiger partial charge in [-0.15, -0.1) is 0 Å². The highest BCUT2D eigenvalue weighted by atomic mass is 35.5. The summed E-state index contributed by atoms with van der Waals surface area (Å²) in [6.07, 6.45) is 0. The molecule has 0 bridgehead atoms. The number of likely N-dealkylation sites (N-methyl/N-ethyl adjacent to an activating group) is 1. The second-order valence-corrected chi connectivity index (χ2v) is 6.18. The molecule has 0 radical (unpaired) electrons. The van der Waals surface area contributed by atoms with Gasteiger partial charge in [-0.25, -0.2) is 4.79 Å².